The maximum Gasteiger partial charge on any atom is 0.155 e. The van der Waals surface area contributed by atoms with E-state index in [4.69, 9.17) is 0 Å². The van der Waals surface area contributed by atoms with Crippen molar-refractivity contribution in [1.29, 1.82) is 0 Å². The fourth-order valence-electron chi connectivity index (χ4n) is 7.91. The van der Waals surface area contributed by atoms with E-state index >= 15 is 0 Å². The van der Waals surface area contributed by atoms with Crippen molar-refractivity contribution in [2.45, 2.75) is 97.1 Å². The molecule has 5 rings (SSSR count). The van der Waals surface area contributed by atoms with E-state index in [0.717, 1.165) is 63.6 Å². The molecule has 164 valence electrons. The second kappa shape index (κ2) is 7.01. The van der Waals surface area contributed by atoms with E-state index in [0.29, 0.717) is 30.0 Å². The first-order chi connectivity index (χ1) is 14.3. The SMILES string of the molecule is CCCCn1cc([C@]2(O)CCC3C4CCC5=CC(=O)CC[C@]5(C)C4CC[C@@]32C)nn1. The highest BCUT2D eigenvalue weighted by molar-refractivity contribution is 5.91. The Morgan fingerprint density at radius 3 is 2.73 bits per heavy atom. The molecule has 1 N–H and O–H groups in total. The minimum Gasteiger partial charge on any atom is -0.383 e. The van der Waals surface area contributed by atoms with E-state index in [9.17, 15) is 9.90 Å². The molecule has 1 aromatic heterocycles. The van der Waals surface area contributed by atoms with Gasteiger partial charge in [-0.1, -0.05) is 38.0 Å². The fraction of sp³-hybridized carbons (Fsp3) is 0.800. The Balaban J connectivity index is 1.43. The number of aliphatic hydroxyl groups is 1. The van der Waals surface area contributed by atoms with Crippen LogP contribution in [-0.4, -0.2) is 25.9 Å². The van der Waals surface area contributed by atoms with Crippen molar-refractivity contribution in [2.75, 3.05) is 0 Å². The molecule has 0 spiro atoms. The van der Waals surface area contributed by atoms with Gasteiger partial charge in [0.05, 0.1) is 6.20 Å². The number of carbonyl (C=O) groups excluding carboxylic acids is 1. The van der Waals surface area contributed by atoms with Crippen LogP contribution in [0.2, 0.25) is 0 Å². The van der Waals surface area contributed by atoms with Crippen LogP contribution >= 0.6 is 0 Å². The number of fused-ring (bicyclic) bond motifs is 5. The van der Waals surface area contributed by atoms with Gasteiger partial charge in [-0.25, -0.2) is 0 Å². The number of nitrogens with zero attached hydrogens (tertiary/aromatic N) is 3. The van der Waals surface area contributed by atoms with E-state index in [2.05, 4.69) is 31.1 Å². The van der Waals surface area contributed by atoms with Crippen LogP contribution in [0.1, 0.15) is 90.7 Å². The average molecular weight is 412 g/mol. The highest BCUT2D eigenvalue weighted by Gasteiger charge is 2.65. The minimum absolute atomic E-state index is 0.137. The predicted molar refractivity (Wildman–Crippen MR) is 116 cm³/mol. The third-order valence-electron chi connectivity index (χ3n) is 9.82. The summed E-state index contributed by atoms with van der Waals surface area (Å²) >= 11 is 0. The van der Waals surface area contributed by atoms with Crippen molar-refractivity contribution in [3.05, 3.63) is 23.5 Å². The molecule has 0 amide bonds. The first kappa shape index (κ1) is 20.4. The molecule has 6 atom stereocenters. The molecule has 1 aromatic rings. The summed E-state index contributed by atoms with van der Waals surface area (Å²) in [5.41, 5.74) is 1.38. The highest BCUT2D eigenvalue weighted by Crippen LogP contribution is 2.69. The van der Waals surface area contributed by atoms with Crippen LogP contribution < -0.4 is 0 Å². The Morgan fingerprint density at radius 1 is 1.13 bits per heavy atom. The summed E-state index contributed by atoms with van der Waals surface area (Å²) in [7, 11) is 0. The lowest BCUT2D eigenvalue weighted by Gasteiger charge is -2.59. The second-order valence-corrected chi connectivity index (χ2v) is 11.0. The number of hydrogen-bond acceptors (Lipinski definition) is 4. The van der Waals surface area contributed by atoms with Crippen LogP contribution in [-0.2, 0) is 16.9 Å². The fourth-order valence-corrected chi connectivity index (χ4v) is 7.91. The van der Waals surface area contributed by atoms with E-state index in [1.807, 2.05) is 17.0 Å². The summed E-state index contributed by atoms with van der Waals surface area (Å²) in [6.07, 6.45) is 14.2. The Labute approximate surface area is 180 Å². The molecule has 4 aliphatic rings. The number of hydrogen-bond donors (Lipinski definition) is 1. The molecule has 0 bridgehead atoms. The number of rotatable bonds is 4. The van der Waals surface area contributed by atoms with Gasteiger partial charge < -0.3 is 5.11 Å². The number of aryl methyl sites for hydroxylation is 1. The molecule has 3 saturated carbocycles. The minimum atomic E-state index is -0.868. The zero-order valence-corrected chi connectivity index (χ0v) is 18.9. The van der Waals surface area contributed by atoms with Gasteiger partial charge in [0.15, 0.2) is 5.78 Å². The Morgan fingerprint density at radius 2 is 1.93 bits per heavy atom. The topological polar surface area (TPSA) is 68.0 Å². The predicted octanol–water partition coefficient (Wildman–Crippen LogP) is 4.80. The molecule has 30 heavy (non-hydrogen) atoms. The molecule has 1 heterocycles. The molecule has 3 fully saturated rings. The zero-order valence-electron chi connectivity index (χ0n) is 18.9. The third-order valence-corrected chi connectivity index (χ3v) is 9.82. The molecular formula is C25H37N3O2. The van der Waals surface area contributed by atoms with E-state index in [1.165, 1.54) is 12.0 Å². The molecule has 0 saturated heterocycles. The summed E-state index contributed by atoms with van der Waals surface area (Å²) in [6, 6.07) is 0. The zero-order chi connectivity index (χ0) is 21.1. The van der Waals surface area contributed by atoms with E-state index in [-0.39, 0.29) is 10.8 Å². The Bertz CT molecular complexity index is 875. The van der Waals surface area contributed by atoms with Crippen LogP contribution in [0.15, 0.2) is 17.8 Å². The van der Waals surface area contributed by atoms with Gasteiger partial charge in [0.2, 0.25) is 0 Å². The van der Waals surface area contributed by atoms with Crippen molar-refractivity contribution in [2.24, 2.45) is 28.6 Å². The third kappa shape index (κ3) is 2.73. The smallest absolute Gasteiger partial charge is 0.155 e. The number of aromatic nitrogens is 3. The highest BCUT2D eigenvalue weighted by atomic mass is 16.3. The Kier molecular flexibility index (Phi) is 4.77. The van der Waals surface area contributed by atoms with Crippen molar-refractivity contribution < 1.29 is 9.90 Å². The molecule has 5 heteroatoms. The second-order valence-electron chi connectivity index (χ2n) is 11.0. The lowest BCUT2D eigenvalue weighted by molar-refractivity contribution is -0.135. The summed E-state index contributed by atoms with van der Waals surface area (Å²) in [5, 5.41) is 20.8. The Hall–Kier alpha value is -1.49. The van der Waals surface area contributed by atoms with Gasteiger partial charge in [-0.15, -0.1) is 5.10 Å². The monoisotopic (exact) mass is 411 g/mol. The number of allylic oxidation sites excluding steroid dienone is 1. The summed E-state index contributed by atoms with van der Waals surface area (Å²) in [5.74, 6) is 2.13. The van der Waals surface area contributed by atoms with Crippen LogP contribution in [0.4, 0.5) is 0 Å². The number of unbranched alkanes of at least 4 members (excludes halogenated alkanes) is 1. The molecule has 3 unspecified atom stereocenters. The van der Waals surface area contributed by atoms with Crippen LogP contribution in [0.3, 0.4) is 0 Å². The molecule has 5 nitrogen and oxygen atoms in total. The van der Waals surface area contributed by atoms with Crippen molar-refractivity contribution in [3.8, 4) is 0 Å². The summed E-state index contributed by atoms with van der Waals surface area (Å²) in [4.78, 5) is 12.0. The molecule has 0 radical (unpaired) electrons. The van der Waals surface area contributed by atoms with Gasteiger partial charge in [0.1, 0.15) is 11.3 Å². The molecule has 4 aliphatic carbocycles. The largest absolute Gasteiger partial charge is 0.383 e. The van der Waals surface area contributed by atoms with Gasteiger partial charge in [0, 0.05) is 18.4 Å². The van der Waals surface area contributed by atoms with Crippen LogP contribution in [0.25, 0.3) is 0 Å². The maximum atomic E-state index is 12.0. The number of ketones is 1. The van der Waals surface area contributed by atoms with Crippen LogP contribution in [0.5, 0.6) is 0 Å². The van der Waals surface area contributed by atoms with Gasteiger partial charge in [-0.05, 0) is 80.6 Å². The van der Waals surface area contributed by atoms with Crippen molar-refractivity contribution in [1.82, 2.24) is 15.0 Å². The lowest BCUT2D eigenvalue weighted by atomic mass is 9.46. The molecular weight excluding hydrogens is 374 g/mol. The molecule has 0 aromatic carbocycles. The van der Waals surface area contributed by atoms with Gasteiger partial charge in [-0.3, -0.25) is 9.48 Å². The van der Waals surface area contributed by atoms with Crippen molar-refractivity contribution >= 4 is 5.78 Å². The van der Waals surface area contributed by atoms with Crippen LogP contribution in [0, 0.1) is 28.6 Å². The quantitative estimate of drug-likeness (QED) is 0.773. The molecule has 0 aliphatic heterocycles. The normalized spacial score (nSPS) is 43.0. The first-order valence-corrected chi connectivity index (χ1v) is 12.2. The average Bonchev–Trinajstić information content (AvgIpc) is 3.31. The lowest BCUT2D eigenvalue weighted by Crippen LogP contribution is -2.53. The van der Waals surface area contributed by atoms with Gasteiger partial charge >= 0.3 is 0 Å². The van der Waals surface area contributed by atoms with Gasteiger partial charge in [0.25, 0.3) is 0 Å². The standard InChI is InChI=1S/C25H37N3O2/c1-4-5-14-28-16-22(26-27-28)25(30)13-10-21-19-7-6-17-15-18(29)8-11-23(17,2)20(19)9-12-24(21,25)3/h15-16,19-21,30H,4-14H2,1-3H3/t19?,20?,21?,23-,24-,25+/m0/s1. The summed E-state index contributed by atoms with van der Waals surface area (Å²) < 4.78 is 1.91. The summed E-state index contributed by atoms with van der Waals surface area (Å²) in [6.45, 7) is 7.80. The maximum absolute atomic E-state index is 12.0. The van der Waals surface area contributed by atoms with E-state index < -0.39 is 5.60 Å². The van der Waals surface area contributed by atoms with E-state index in [1.54, 1.807) is 0 Å². The number of carbonyl (C=O) groups is 1. The van der Waals surface area contributed by atoms with Crippen molar-refractivity contribution in [3.63, 3.8) is 0 Å². The van der Waals surface area contributed by atoms with Gasteiger partial charge in [-0.2, -0.15) is 0 Å². The first-order valence-electron chi connectivity index (χ1n) is 12.2.